The van der Waals surface area contributed by atoms with Crippen molar-refractivity contribution in [3.8, 4) is 0 Å². The topological polar surface area (TPSA) is 46.3 Å². The minimum Gasteiger partial charge on any atom is -0.342 e. The number of amides is 1. The molecule has 0 fully saturated rings. The quantitative estimate of drug-likeness (QED) is 0.910. The first-order valence-corrected chi connectivity index (χ1v) is 6.04. The van der Waals surface area contributed by atoms with Crippen LogP contribution in [-0.4, -0.2) is 30.9 Å². The normalized spacial score (nSPS) is 10.4. The van der Waals surface area contributed by atoms with E-state index in [1.807, 2.05) is 0 Å². The first-order chi connectivity index (χ1) is 7.06. The van der Waals surface area contributed by atoms with Crippen LogP contribution >= 0.6 is 34.5 Å². The zero-order chi connectivity index (χ0) is 11.4. The zero-order valence-corrected chi connectivity index (χ0v) is 10.6. The van der Waals surface area contributed by atoms with Gasteiger partial charge in [0.25, 0.3) is 5.91 Å². The van der Waals surface area contributed by atoms with Crippen molar-refractivity contribution >= 4 is 40.4 Å². The van der Waals surface area contributed by atoms with Gasteiger partial charge in [0.15, 0.2) is 0 Å². The van der Waals surface area contributed by atoms with Crippen LogP contribution in [0.2, 0.25) is 8.67 Å². The fourth-order valence-corrected chi connectivity index (χ4v) is 2.57. The first-order valence-electron chi connectivity index (χ1n) is 4.46. The summed E-state index contributed by atoms with van der Waals surface area (Å²) in [6.45, 7) is 1.19. The third-order valence-electron chi connectivity index (χ3n) is 1.93. The van der Waals surface area contributed by atoms with E-state index in [-0.39, 0.29) is 5.91 Å². The monoisotopic (exact) mass is 266 g/mol. The molecule has 0 spiro atoms. The summed E-state index contributed by atoms with van der Waals surface area (Å²) in [4.78, 5) is 13.4. The van der Waals surface area contributed by atoms with Gasteiger partial charge < -0.3 is 10.6 Å². The highest BCUT2D eigenvalue weighted by Crippen LogP contribution is 2.31. The number of nitrogens with two attached hydrogens (primary N) is 1. The van der Waals surface area contributed by atoms with Gasteiger partial charge in [-0.15, -0.1) is 11.3 Å². The Hall–Kier alpha value is -0.290. The average Bonchev–Trinajstić information content (AvgIpc) is 2.53. The number of halogens is 2. The molecule has 15 heavy (non-hydrogen) atoms. The molecule has 1 rings (SSSR count). The molecule has 0 bridgehead atoms. The summed E-state index contributed by atoms with van der Waals surface area (Å²) < 4.78 is 0.958. The van der Waals surface area contributed by atoms with Gasteiger partial charge in [-0.05, 0) is 19.0 Å². The van der Waals surface area contributed by atoms with E-state index in [1.54, 1.807) is 18.0 Å². The molecule has 1 aromatic heterocycles. The van der Waals surface area contributed by atoms with Crippen molar-refractivity contribution in [2.45, 2.75) is 6.42 Å². The predicted octanol–water partition coefficient (Wildman–Crippen LogP) is 2.48. The lowest BCUT2D eigenvalue weighted by Gasteiger charge is -2.15. The smallest absolute Gasteiger partial charge is 0.256 e. The largest absolute Gasteiger partial charge is 0.342 e. The molecule has 1 amide bonds. The van der Waals surface area contributed by atoms with E-state index in [4.69, 9.17) is 28.9 Å². The minimum absolute atomic E-state index is 0.114. The van der Waals surface area contributed by atoms with Crippen molar-refractivity contribution in [3.63, 3.8) is 0 Å². The van der Waals surface area contributed by atoms with Crippen molar-refractivity contribution in [2.24, 2.45) is 5.73 Å². The van der Waals surface area contributed by atoms with Crippen LogP contribution in [-0.2, 0) is 0 Å². The van der Waals surface area contributed by atoms with E-state index < -0.39 is 0 Å². The molecule has 0 radical (unpaired) electrons. The van der Waals surface area contributed by atoms with Crippen molar-refractivity contribution in [3.05, 3.63) is 20.3 Å². The number of carbonyl (C=O) groups is 1. The van der Waals surface area contributed by atoms with E-state index >= 15 is 0 Å². The Balaban J connectivity index is 2.71. The van der Waals surface area contributed by atoms with Crippen molar-refractivity contribution < 1.29 is 4.79 Å². The van der Waals surface area contributed by atoms with Crippen molar-refractivity contribution in [1.82, 2.24) is 4.90 Å². The fourth-order valence-electron chi connectivity index (χ4n) is 1.12. The molecule has 0 unspecified atom stereocenters. The van der Waals surface area contributed by atoms with Crippen LogP contribution in [0.5, 0.6) is 0 Å². The number of hydrogen-bond donors (Lipinski definition) is 1. The summed E-state index contributed by atoms with van der Waals surface area (Å²) in [7, 11) is 1.72. The van der Waals surface area contributed by atoms with Gasteiger partial charge in [-0.2, -0.15) is 0 Å². The van der Waals surface area contributed by atoms with Crippen molar-refractivity contribution in [1.29, 1.82) is 0 Å². The van der Waals surface area contributed by atoms with Crippen LogP contribution < -0.4 is 5.73 Å². The molecular formula is C9H12Cl2N2OS. The molecule has 84 valence electrons. The third kappa shape index (κ3) is 3.34. The summed E-state index contributed by atoms with van der Waals surface area (Å²) in [6.07, 6.45) is 0.776. The highest BCUT2D eigenvalue weighted by Gasteiger charge is 2.17. The molecule has 1 aromatic rings. The van der Waals surface area contributed by atoms with Gasteiger partial charge in [0, 0.05) is 13.6 Å². The zero-order valence-electron chi connectivity index (χ0n) is 8.30. The standard InChI is InChI=1S/C9H12Cl2N2OS/c1-13(4-2-3-12)9(14)6-5-7(10)15-8(6)11/h5H,2-4,12H2,1H3. The second-order valence-corrected chi connectivity index (χ2v) is 5.39. The maximum absolute atomic E-state index is 11.8. The van der Waals surface area contributed by atoms with Gasteiger partial charge in [0.05, 0.1) is 9.90 Å². The van der Waals surface area contributed by atoms with Gasteiger partial charge >= 0.3 is 0 Å². The summed E-state index contributed by atoms with van der Waals surface area (Å²) in [5.74, 6) is -0.114. The highest BCUT2D eigenvalue weighted by atomic mass is 35.5. The van der Waals surface area contributed by atoms with E-state index in [1.165, 1.54) is 11.3 Å². The Morgan fingerprint density at radius 2 is 2.27 bits per heavy atom. The predicted molar refractivity (Wildman–Crippen MR) is 65.0 cm³/mol. The summed E-state index contributed by atoms with van der Waals surface area (Å²) in [6, 6.07) is 1.59. The molecule has 1 heterocycles. The summed E-state index contributed by atoms with van der Waals surface area (Å²) in [5, 5.41) is 0. The Kier molecular flexibility index (Phi) is 4.86. The van der Waals surface area contributed by atoms with E-state index in [0.717, 1.165) is 6.42 Å². The van der Waals surface area contributed by atoms with Crippen LogP contribution in [0, 0.1) is 0 Å². The summed E-state index contributed by atoms with van der Waals surface area (Å²) in [5.41, 5.74) is 5.83. The molecule has 0 saturated heterocycles. The van der Waals surface area contributed by atoms with Gasteiger partial charge in [0.2, 0.25) is 0 Å². The molecule has 6 heteroatoms. The van der Waals surface area contributed by atoms with E-state index in [2.05, 4.69) is 0 Å². The highest BCUT2D eigenvalue weighted by molar-refractivity contribution is 7.20. The molecule has 0 atom stereocenters. The number of thiophene rings is 1. The van der Waals surface area contributed by atoms with Crippen LogP contribution in [0.25, 0.3) is 0 Å². The lowest BCUT2D eigenvalue weighted by atomic mass is 10.3. The molecule has 0 aliphatic rings. The number of rotatable bonds is 4. The molecule has 3 nitrogen and oxygen atoms in total. The van der Waals surface area contributed by atoms with Gasteiger partial charge in [0.1, 0.15) is 4.34 Å². The maximum atomic E-state index is 11.8. The maximum Gasteiger partial charge on any atom is 0.256 e. The molecule has 2 N–H and O–H groups in total. The lowest BCUT2D eigenvalue weighted by molar-refractivity contribution is 0.0795. The molecule has 0 aromatic carbocycles. The van der Waals surface area contributed by atoms with Crippen LogP contribution in [0.1, 0.15) is 16.8 Å². The van der Waals surface area contributed by atoms with E-state index in [9.17, 15) is 4.79 Å². The first kappa shape index (κ1) is 12.8. The SMILES string of the molecule is CN(CCCN)C(=O)c1cc(Cl)sc1Cl. The Bertz CT molecular complexity index is 354. The molecular weight excluding hydrogens is 255 g/mol. The lowest BCUT2D eigenvalue weighted by Crippen LogP contribution is -2.28. The third-order valence-corrected chi connectivity index (χ3v) is 3.42. The Morgan fingerprint density at radius 1 is 1.60 bits per heavy atom. The van der Waals surface area contributed by atoms with Crippen LogP contribution in [0.4, 0.5) is 0 Å². The number of hydrogen-bond acceptors (Lipinski definition) is 3. The second kappa shape index (κ2) is 5.70. The second-order valence-electron chi connectivity index (χ2n) is 3.11. The minimum atomic E-state index is -0.114. The van der Waals surface area contributed by atoms with Gasteiger partial charge in [-0.25, -0.2) is 0 Å². The summed E-state index contributed by atoms with van der Waals surface area (Å²) >= 11 is 12.8. The average molecular weight is 267 g/mol. The number of carbonyl (C=O) groups excluding carboxylic acids is 1. The van der Waals surface area contributed by atoms with Gasteiger partial charge in [-0.1, -0.05) is 23.2 Å². The molecule has 0 aliphatic heterocycles. The van der Waals surface area contributed by atoms with E-state index in [0.29, 0.717) is 27.3 Å². The Morgan fingerprint density at radius 3 is 2.73 bits per heavy atom. The number of nitrogens with zero attached hydrogens (tertiary/aromatic N) is 1. The van der Waals surface area contributed by atoms with Crippen molar-refractivity contribution in [2.75, 3.05) is 20.1 Å². The van der Waals surface area contributed by atoms with Gasteiger partial charge in [-0.3, -0.25) is 4.79 Å². The van der Waals surface area contributed by atoms with Crippen LogP contribution in [0.3, 0.4) is 0 Å². The molecule has 0 aliphatic carbocycles. The molecule has 0 saturated carbocycles. The fraction of sp³-hybridized carbons (Fsp3) is 0.444. The Labute approximate surface area is 103 Å². The van der Waals surface area contributed by atoms with Crippen LogP contribution in [0.15, 0.2) is 6.07 Å².